The van der Waals surface area contributed by atoms with Crippen molar-refractivity contribution in [3.8, 4) is 0 Å². The molecular weight excluding hydrogens is 228 g/mol. The van der Waals surface area contributed by atoms with Crippen LogP contribution in [0, 0.1) is 0 Å². The summed E-state index contributed by atoms with van der Waals surface area (Å²) in [5.74, 6) is 0.0757. The Bertz CT molecular complexity index is 386. The highest BCUT2D eigenvalue weighted by molar-refractivity contribution is 5.76. The number of hydrogen-bond donors (Lipinski definition) is 1. The third-order valence-corrected chi connectivity index (χ3v) is 3.23. The minimum absolute atomic E-state index is 0.0757. The minimum atomic E-state index is 0.0757. The van der Waals surface area contributed by atoms with Gasteiger partial charge in [0.25, 0.3) is 0 Å². The molecule has 1 amide bonds. The van der Waals surface area contributed by atoms with E-state index in [0.717, 1.165) is 6.54 Å². The quantitative estimate of drug-likeness (QED) is 0.833. The fraction of sp³-hybridized carbons (Fsp3) is 0.692. The molecule has 18 heavy (non-hydrogen) atoms. The van der Waals surface area contributed by atoms with Crippen molar-refractivity contribution >= 4 is 5.91 Å². The molecule has 0 aliphatic heterocycles. The van der Waals surface area contributed by atoms with Crippen molar-refractivity contribution < 1.29 is 4.79 Å². The van der Waals surface area contributed by atoms with Gasteiger partial charge in [0.15, 0.2) is 0 Å². The molecule has 1 N–H and O–H groups in total. The maximum absolute atomic E-state index is 11.3. The Hall–Kier alpha value is -1.36. The number of aromatic nitrogens is 2. The molecule has 1 rings (SSSR count). The van der Waals surface area contributed by atoms with Crippen molar-refractivity contribution in [2.75, 3.05) is 14.1 Å². The Balaban J connectivity index is 2.60. The molecule has 1 atom stereocenters. The number of nitrogens with zero attached hydrogens (tertiary/aromatic N) is 3. The van der Waals surface area contributed by atoms with Gasteiger partial charge in [-0.1, -0.05) is 0 Å². The average molecular weight is 252 g/mol. The van der Waals surface area contributed by atoms with E-state index in [4.69, 9.17) is 0 Å². The summed E-state index contributed by atoms with van der Waals surface area (Å²) in [5, 5.41) is 2.66. The van der Waals surface area contributed by atoms with E-state index < -0.39 is 0 Å². The molecule has 0 spiro atoms. The van der Waals surface area contributed by atoms with Crippen molar-refractivity contribution in [3.63, 3.8) is 0 Å². The normalized spacial score (nSPS) is 13.1. The third-order valence-electron chi connectivity index (χ3n) is 3.23. The molecule has 0 unspecified atom stereocenters. The van der Waals surface area contributed by atoms with E-state index in [1.807, 2.05) is 19.6 Å². The molecule has 1 aromatic heterocycles. The first-order valence-electron chi connectivity index (χ1n) is 6.37. The van der Waals surface area contributed by atoms with E-state index in [-0.39, 0.29) is 11.9 Å². The number of carbonyl (C=O) groups is 1. The zero-order valence-corrected chi connectivity index (χ0v) is 12.0. The molecule has 0 aliphatic carbocycles. The van der Waals surface area contributed by atoms with Crippen LogP contribution in [0.25, 0.3) is 0 Å². The van der Waals surface area contributed by atoms with Gasteiger partial charge in [0.1, 0.15) is 0 Å². The van der Waals surface area contributed by atoms with Gasteiger partial charge in [-0.2, -0.15) is 0 Å². The standard InChI is InChI=1S/C13H24N4O/c1-10(2)17-9-15-7-12(17)8-16(5)11(3)6-13(18)14-4/h7,9-11H,6,8H2,1-5H3,(H,14,18)/t11-/m1/s1. The number of amides is 1. The van der Waals surface area contributed by atoms with Crippen LogP contribution in [0.2, 0.25) is 0 Å². The fourth-order valence-electron chi connectivity index (χ4n) is 1.86. The predicted octanol–water partition coefficient (Wildman–Crippen LogP) is 1.42. The topological polar surface area (TPSA) is 50.2 Å². The van der Waals surface area contributed by atoms with Crippen LogP contribution in [-0.4, -0.2) is 40.5 Å². The molecule has 0 bridgehead atoms. The Morgan fingerprint density at radius 3 is 2.72 bits per heavy atom. The summed E-state index contributed by atoms with van der Waals surface area (Å²) in [6.45, 7) is 7.14. The van der Waals surface area contributed by atoms with Gasteiger partial charge in [-0.05, 0) is 27.8 Å². The van der Waals surface area contributed by atoms with E-state index in [2.05, 4.69) is 40.5 Å². The Morgan fingerprint density at radius 1 is 1.50 bits per heavy atom. The van der Waals surface area contributed by atoms with Crippen molar-refractivity contribution in [3.05, 3.63) is 18.2 Å². The molecule has 0 aliphatic rings. The molecule has 102 valence electrons. The highest BCUT2D eigenvalue weighted by atomic mass is 16.1. The number of rotatable bonds is 6. The van der Waals surface area contributed by atoms with Crippen molar-refractivity contribution in [2.45, 2.75) is 45.8 Å². The van der Waals surface area contributed by atoms with Gasteiger partial charge >= 0.3 is 0 Å². The molecule has 0 fully saturated rings. The average Bonchev–Trinajstić information content (AvgIpc) is 2.76. The number of imidazole rings is 1. The summed E-state index contributed by atoms with van der Waals surface area (Å²) in [6, 6.07) is 0.616. The monoisotopic (exact) mass is 252 g/mol. The summed E-state index contributed by atoms with van der Waals surface area (Å²) in [6.07, 6.45) is 4.27. The second-order valence-corrected chi connectivity index (χ2v) is 5.03. The van der Waals surface area contributed by atoms with Crippen LogP contribution < -0.4 is 5.32 Å². The lowest BCUT2D eigenvalue weighted by Crippen LogP contribution is -2.34. The molecule has 0 radical (unpaired) electrons. The van der Waals surface area contributed by atoms with Crippen molar-refractivity contribution in [1.82, 2.24) is 19.8 Å². The number of nitrogens with one attached hydrogen (secondary N) is 1. The second-order valence-electron chi connectivity index (χ2n) is 5.03. The van der Waals surface area contributed by atoms with E-state index >= 15 is 0 Å². The van der Waals surface area contributed by atoms with Gasteiger partial charge in [0, 0.05) is 38.3 Å². The lowest BCUT2D eigenvalue weighted by Gasteiger charge is -2.25. The van der Waals surface area contributed by atoms with Gasteiger partial charge in [-0.25, -0.2) is 4.98 Å². The lowest BCUT2D eigenvalue weighted by molar-refractivity contribution is -0.121. The van der Waals surface area contributed by atoms with Crippen LogP contribution in [-0.2, 0) is 11.3 Å². The van der Waals surface area contributed by atoms with Gasteiger partial charge in [-0.15, -0.1) is 0 Å². The number of carbonyl (C=O) groups excluding carboxylic acids is 1. The molecule has 0 saturated carbocycles. The zero-order valence-electron chi connectivity index (χ0n) is 12.0. The summed E-state index contributed by atoms with van der Waals surface area (Å²) in [5.41, 5.74) is 1.18. The maximum Gasteiger partial charge on any atom is 0.221 e. The predicted molar refractivity (Wildman–Crippen MR) is 72.2 cm³/mol. The first-order valence-corrected chi connectivity index (χ1v) is 6.37. The Labute approximate surface area is 109 Å². The van der Waals surface area contributed by atoms with E-state index in [1.54, 1.807) is 7.05 Å². The van der Waals surface area contributed by atoms with Crippen LogP contribution in [0.15, 0.2) is 12.5 Å². The summed E-state index contributed by atoms with van der Waals surface area (Å²) < 4.78 is 2.16. The Morgan fingerprint density at radius 2 is 2.17 bits per heavy atom. The van der Waals surface area contributed by atoms with Gasteiger partial charge < -0.3 is 9.88 Å². The summed E-state index contributed by atoms with van der Waals surface area (Å²) in [4.78, 5) is 17.7. The van der Waals surface area contributed by atoms with Crippen LogP contribution in [0.5, 0.6) is 0 Å². The highest BCUT2D eigenvalue weighted by Crippen LogP contribution is 2.12. The van der Waals surface area contributed by atoms with Gasteiger partial charge in [-0.3, -0.25) is 9.69 Å². The van der Waals surface area contributed by atoms with Crippen molar-refractivity contribution in [1.29, 1.82) is 0 Å². The van der Waals surface area contributed by atoms with Gasteiger partial charge in [0.05, 0.1) is 12.0 Å². The Kier molecular flexibility index (Phi) is 5.34. The first kappa shape index (κ1) is 14.7. The summed E-state index contributed by atoms with van der Waals surface area (Å²) in [7, 11) is 3.70. The molecular formula is C13H24N4O. The van der Waals surface area contributed by atoms with Gasteiger partial charge in [0.2, 0.25) is 5.91 Å². The third kappa shape index (κ3) is 3.84. The van der Waals surface area contributed by atoms with Crippen LogP contribution in [0.1, 0.15) is 38.9 Å². The first-order chi connectivity index (χ1) is 8.45. The molecule has 5 nitrogen and oxygen atoms in total. The van der Waals surface area contributed by atoms with Crippen LogP contribution >= 0.6 is 0 Å². The van der Waals surface area contributed by atoms with E-state index in [9.17, 15) is 4.79 Å². The van der Waals surface area contributed by atoms with Crippen LogP contribution in [0.4, 0.5) is 0 Å². The largest absolute Gasteiger partial charge is 0.359 e. The molecule has 0 saturated heterocycles. The molecule has 1 heterocycles. The molecule has 1 aromatic rings. The van der Waals surface area contributed by atoms with E-state index in [0.29, 0.717) is 12.5 Å². The molecule has 0 aromatic carbocycles. The SMILES string of the molecule is CNC(=O)C[C@@H](C)N(C)Cc1cncn1C(C)C. The molecule has 5 heteroatoms. The van der Waals surface area contributed by atoms with E-state index in [1.165, 1.54) is 5.69 Å². The fourth-order valence-corrected chi connectivity index (χ4v) is 1.86. The lowest BCUT2D eigenvalue weighted by atomic mass is 10.2. The maximum atomic E-state index is 11.3. The zero-order chi connectivity index (χ0) is 13.7. The number of hydrogen-bond acceptors (Lipinski definition) is 3. The smallest absolute Gasteiger partial charge is 0.221 e. The highest BCUT2D eigenvalue weighted by Gasteiger charge is 2.15. The van der Waals surface area contributed by atoms with Crippen molar-refractivity contribution in [2.24, 2.45) is 0 Å². The summed E-state index contributed by atoms with van der Waals surface area (Å²) >= 11 is 0. The second kappa shape index (κ2) is 6.54. The van der Waals surface area contributed by atoms with Crippen LogP contribution in [0.3, 0.4) is 0 Å². The minimum Gasteiger partial charge on any atom is -0.359 e.